The zero-order chi connectivity index (χ0) is 26.4. The van der Waals surface area contributed by atoms with E-state index in [0.717, 1.165) is 18.5 Å². The second-order valence-electron chi connectivity index (χ2n) is 11.6. The van der Waals surface area contributed by atoms with Gasteiger partial charge >= 0.3 is 6.09 Å². The fourth-order valence-electron chi connectivity index (χ4n) is 5.66. The lowest BCUT2D eigenvalue weighted by Gasteiger charge is -2.47. The third-order valence-corrected chi connectivity index (χ3v) is 7.57. The Morgan fingerprint density at radius 3 is 2.73 bits per heavy atom. The van der Waals surface area contributed by atoms with E-state index in [-0.39, 0.29) is 34.2 Å². The molecule has 2 N–H and O–H groups in total. The van der Waals surface area contributed by atoms with Crippen LogP contribution in [0.25, 0.3) is 11.3 Å². The Morgan fingerprint density at radius 1 is 1.19 bits per heavy atom. The third kappa shape index (κ3) is 5.07. The van der Waals surface area contributed by atoms with Crippen LogP contribution in [0.15, 0.2) is 30.3 Å². The first-order valence-electron chi connectivity index (χ1n) is 13.1. The van der Waals surface area contributed by atoms with E-state index in [9.17, 15) is 14.7 Å². The van der Waals surface area contributed by atoms with Crippen molar-refractivity contribution in [3.05, 3.63) is 30.3 Å². The van der Waals surface area contributed by atoms with Crippen LogP contribution in [0.1, 0.15) is 33.6 Å². The summed E-state index contributed by atoms with van der Waals surface area (Å²) in [6.45, 7) is 9.33. The van der Waals surface area contributed by atoms with Gasteiger partial charge in [0.05, 0.1) is 36.9 Å². The number of rotatable bonds is 2. The molecule has 2 saturated heterocycles. The minimum absolute atomic E-state index is 0.0990. The van der Waals surface area contributed by atoms with Gasteiger partial charge < -0.3 is 25.0 Å². The van der Waals surface area contributed by atoms with Crippen LogP contribution in [0.5, 0.6) is 5.75 Å². The molecule has 3 aliphatic rings. The molecule has 4 heterocycles. The topological polar surface area (TPSA) is 108 Å². The van der Waals surface area contributed by atoms with Gasteiger partial charge in [0, 0.05) is 31.7 Å². The predicted octanol–water partition coefficient (Wildman–Crippen LogP) is 3.08. The van der Waals surface area contributed by atoms with Crippen LogP contribution in [-0.2, 0) is 9.53 Å². The number of piperidine rings is 1. The van der Waals surface area contributed by atoms with E-state index in [4.69, 9.17) is 4.74 Å². The molecule has 2 aromatic rings. The SMILES string of the molecule is CC(C)(C)OC(=O)[N@@+]1(C)CCC[C@@H](C(=O)N2CCN3c4cc(-c5ccccc5O)nnc4NC[C@H]3C2)C1. The Kier molecular flexibility index (Phi) is 6.47. The maximum absolute atomic E-state index is 13.6. The first-order valence-corrected chi connectivity index (χ1v) is 13.1. The Morgan fingerprint density at radius 2 is 1.97 bits per heavy atom. The Bertz CT molecular complexity index is 1200. The molecule has 2 amide bonds. The van der Waals surface area contributed by atoms with Crippen molar-refractivity contribution in [2.75, 3.05) is 56.5 Å². The van der Waals surface area contributed by atoms with Gasteiger partial charge in [0.25, 0.3) is 0 Å². The first-order chi connectivity index (χ1) is 17.5. The molecule has 1 aromatic heterocycles. The van der Waals surface area contributed by atoms with Gasteiger partial charge in [-0.3, -0.25) is 4.79 Å². The number of nitrogens with zero attached hydrogens (tertiary/aromatic N) is 5. The molecule has 37 heavy (non-hydrogen) atoms. The molecule has 1 aromatic carbocycles. The number of quaternary nitrogens is 1. The number of amides is 2. The van der Waals surface area contributed by atoms with Crippen LogP contribution in [0.4, 0.5) is 16.3 Å². The number of likely N-dealkylation sites (tertiary alicyclic amines) is 1. The molecule has 0 saturated carbocycles. The van der Waals surface area contributed by atoms with E-state index in [1.54, 1.807) is 12.1 Å². The summed E-state index contributed by atoms with van der Waals surface area (Å²) in [4.78, 5) is 30.8. The number of aromatic nitrogens is 2. The first kappa shape index (κ1) is 25.3. The second kappa shape index (κ2) is 9.48. The monoisotopic (exact) mass is 509 g/mol. The number of phenolic OH excluding ortho intramolecular Hbond substituents is 1. The summed E-state index contributed by atoms with van der Waals surface area (Å²) in [7, 11) is 1.89. The highest BCUT2D eigenvalue weighted by Crippen LogP contribution is 2.36. The molecule has 0 aliphatic carbocycles. The number of anilines is 2. The minimum Gasteiger partial charge on any atom is -0.507 e. The number of nitrogens with one attached hydrogen (secondary N) is 1. The molecule has 2 fully saturated rings. The quantitative estimate of drug-likeness (QED) is 0.595. The summed E-state index contributed by atoms with van der Waals surface area (Å²) >= 11 is 0. The predicted molar refractivity (Wildman–Crippen MR) is 140 cm³/mol. The average Bonchev–Trinajstić information content (AvgIpc) is 2.87. The minimum atomic E-state index is -0.556. The van der Waals surface area contributed by atoms with E-state index in [2.05, 4.69) is 20.4 Å². The normalized spacial score (nSPS) is 25.5. The van der Waals surface area contributed by atoms with Gasteiger partial charge in [-0.15, -0.1) is 10.2 Å². The number of aromatic hydroxyl groups is 1. The molecule has 3 aliphatic heterocycles. The molecule has 0 bridgehead atoms. The molecule has 0 spiro atoms. The number of para-hydroxylation sites is 1. The molecule has 10 nitrogen and oxygen atoms in total. The van der Waals surface area contributed by atoms with Crippen LogP contribution >= 0.6 is 0 Å². The Hall–Kier alpha value is -3.40. The third-order valence-electron chi connectivity index (χ3n) is 7.57. The lowest BCUT2D eigenvalue weighted by molar-refractivity contribution is -0.846. The molecule has 3 atom stereocenters. The van der Waals surface area contributed by atoms with Gasteiger partial charge in [0.2, 0.25) is 5.91 Å². The van der Waals surface area contributed by atoms with Crippen molar-refractivity contribution in [2.24, 2.45) is 5.92 Å². The summed E-state index contributed by atoms with van der Waals surface area (Å²) in [5.74, 6) is 0.811. The van der Waals surface area contributed by atoms with Gasteiger partial charge in [-0.2, -0.15) is 4.79 Å². The molecule has 0 unspecified atom stereocenters. The van der Waals surface area contributed by atoms with Gasteiger partial charge in [0.15, 0.2) is 5.82 Å². The lowest BCUT2D eigenvalue weighted by Crippen LogP contribution is -2.62. The Labute approximate surface area is 217 Å². The number of piperazine rings is 1. The second-order valence-corrected chi connectivity index (χ2v) is 11.6. The smallest absolute Gasteiger partial charge is 0.507 e. The van der Waals surface area contributed by atoms with Crippen molar-refractivity contribution >= 4 is 23.5 Å². The molecule has 198 valence electrons. The Balaban J connectivity index is 1.28. The molecule has 5 rings (SSSR count). The summed E-state index contributed by atoms with van der Waals surface area (Å²) < 4.78 is 5.81. The van der Waals surface area contributed by atoms with E-state index < -0.39 is 5.60 Å². The summed E-state index contributed by atoms with van der Waals surface area (Å²) in [6.07, 6.45) is 1.35. The van der Waals surface area contributed by atoms with Crippen LogP contribution in [-0.4, -0.2) is 94.6 Å². The average molecular weight is 510 g/mol. The van der Waals surface area contributed by atoms with Crippen molar-refractivity contribution in [3.8, 4) is 17.0 Å². The fraction of sp³-hybridized carbons (Fsp3) is 0.556. The molecular formula is C27H37N6O4+. The number of benzene rings is 1. The molecule has 10 heteroatoms. The zero-order valence-corrected chi connectivity index (χ0v) is 22.1. The standard InChI is InChI=1S/C27H36N6O4/c1-27(2,3)37-26(36)33(4)13-7-8-18(17-33)25(35)31-11-12-32-19(16-31)15-28-24-22(32)14-21(29-30-24)20-9-5-6-10-23(20)34/h5-6,9-10,14,18-19H,7-8,11-13,15-17H2,1-4H3,(H-,28,29,30,34)/p+1/t18-,19+,33+/m1/s1. The number of hydrogen-bond donors (Lipinski definition) is 2. The van der Waals surface area contributed by atoms with Crippen LogP contribution in [0.2, 0.25) is 0 Å². The lowest BCUT2D eigenvalue weighted by atomic mass is 9.94. The van der Waals surface area contributed by atoms with Crippen LogP contribution in [0, 0.1) is 5.92 Å². The van der Waals surface area contributed by atoms with Crippen molar-refractivity contribution in [1.82, 2.24) is 15.1 Å². The number of carbonyl (C=O) groups is 2. The number of carbonyl (C=O) groups excluding carboxylic acids is 2. The van der Waals surface area contributed by atoms with E-state index in [1.807, 2.05) is 50.9 Å². The number of ether oxygens (including phenoxy) is 1. The maximum Gasteiger partial charge on any atom is 0.516 e. The fourth-order valence-corrected chi connectivity index (χ4v) is 5.66. The number of hydrogen-bond acceptors (Lipinski definition) is 8. The van der Waals surface area contributed by atoms with Crippen molar-refractivity contribution in [3.63, 3.8) is 0 Å². The summed E-state index contributed by atoms with van der Waals surface area (Å²) in [5.41, 5.74) is 1.62. The maximum atomic E-state index is 13.6. The van der Waals surface area contributed by atoms with Crippen molar-refractivity contribution in [2.45, 2.75) is 45.3 Å². The van der Waals surface area contributed by atoms with Gasteiger partial charge in [0.1, 0.15) is 17.9 Å². The van der Waals surface area contributed by atoms with Gasteiger partial charge in [-0.1, -0.05) is 12.1 Å². The highest BCUT2D eigenvalue weighted by molar-refractivity contribution is 5.81. The number of fused-ring (bicyclic) bond motifs is 3. The largest absolute Gasteiger partial charge is 0.516 e. The van der Waals surface area contributed by atoms with Crippen molar-refractivity contribution in [1.29, 1.82) is 0 Å². The van der Waals surface area contributed by atoms with Crippen LogP contribution < -0.4 is 10.2 Å². The summed E-state index contributed by atoms with van der Waals surface area (Å²) in [6, 6.07) is 9.16. The highest BCUT2D eigenvalue weighted by atomic mass is 16.6. The molecular weight excluding hydrogens is 472 g/mol. The van der Waals surface area contributed by atoms with E-state index >= 15 is 0 Å². The van der Waals surface area contributed by atoms with E-state index in [0.29, 0.717) is 56.3 Å². The van der Waals surface area contributed by atoms with Gasteiger partial charge in [-0.05, 0) is 51.8 Å². The van der Waals surface area contributed by atoms with Gasteiger partial charge in [-0.25, -0.2) is 4.48 Å². The van der Waals surface area contributed by atoms with E-state index in [1.165, 1.54) is 0 Å². The van der Waals surface area contributed by atoms with Crippen LogP contribution in [0.3, 0.4) is 0 Å². The van der Waals surface area contributed by atoms with Crippen molar-refractivity contribution < 1.29 is 23.9 Å². The zero-order valence-electron chi connectivity index (χ0n) is 22.1. The summed E-state index contributed by atoms with van der Waals surface area (Å²) in [5, 5.41) is 22.3. The highest BCUT2D eigenvalue weighted by Gasteiger charge is 2.45. The molecule has 0 radical (unpaired) electrons. The number of phenols is 1.